The first-order valence-electron chi connectivity index (χ1n) is 10.3. The molecule has 0 saturated heterocycles. The molecule has 1 aromatic heterocycles. The molecular formula is C22H30N4O2S. The van der Waals surface area contributed by atoms with Crippen molar-refractivity contribution in [3.63, 3.8) is 0 Å². The lowest BCUT2D eigenvalue weighted by Crippen LogP contribution is -2.36. The number of amides is 1. The maximum atomic E-state index is 11.8. The monoisotopic (exact) mass is 414 g/mol. The summed E-state index contributed by atoms with van der Waals surface area (Å²) in [6.45, 7) is 6.37. The van der Waals surface area contributed by atoms with Crippen LogP contribution in [0.5, 0.6) is 5.75 Å². The van der Waals surface area contributed by atoms with Gasteiger partial charge in [0.1, 0.15) is 5.75 Å². The van der Waals surface area contributed by atoms with E-state index in [1.54, 1.807) is 0 Å². The van der Waals surface area contributed by atoms with Gasteiger partial charge in [0.05, 0.1) is 13.1 Å². The van der Waals surface area contributed by atoms with E-state index in [2.05, 4.69) is 46.9 Å². The first-order chi connectivity index (χ1) is 14.2. The van der Waals surface area contributed by atoms with Gasteiger partial charge in [0, 0.05) is 22.3 Å². The molecule has 3 rings (SSSR count). The maximum Gasteiger partial charge on any atom is 0.258 e. The summed E-state index contributed by atoms with van der Waals surface area (Å²) in [5.41, 5.74) is 1.03. The molecule has 0 atom stereocenters. The minimum absolute atomic E-state index is 0.0496. The second kappa shape index (κ2) is 10.9. The van der Waals surface area contributed by atoms with Crippen LogP contribution < -0.4 is 20.7 Å². The lowest BCUT2D eigenvalue weighted by atomic mass is 10.2. The fourth-order valence-electron chi connectivity index (χ4n) is 2.77. The van der Waals surface area contributed by atoms with Crippen molar-refractivity contribution in [2.45, 2.75) is 52.2 Å². The van der Waals surface area contributed by atoms with E-state index in [-0.39, 0.29) is 12.5 Å². The van der Waals surface area contributed by atoms with Crippen LogP contribution in [0.4, 0.5) is 0 Å². The van der Waals surface area contributed by atoms with Gasteiger partial charge in [-0.3, -0.25) is 4.79 Å². The van der Waals surface area contributed by atoms with Crippen molar-refractivity contribution in [3.8, 4) is 5.75 Å². The average Bonchev–Trinajstić information content (AvgIpc) is 3.42. The number of nitrogens with zero attached hydrogens (tertiary/aromatic N) is 1. The predicted molar refractivity (Wildman–Crippen MR) is 118 cm³/mol. The Kier molecular flexibility index (Phi) is 7.93. The topological polar surface area (TPSA) is 74.8 Å². The lowest BCUT2D eigenvalue weighted by Gasteiger charge is -2.11. The Balaban J connectivity index is 1.51. The van der Waals surface area contributed by atoms with Crippen molar-refractivity contribution in [3.05, 3.63) is 51.7 Å². The average molecular weight is 415 g/mol. The number of carbonyl (C=O) groups excluding carboxylic acids is 1. The van der Waals surface area contributed by atoms with E-state index in [0.29, 0.717) is 18.3 Å². The number of hydrogen-bond donors (Lipinski definition) is 3. The van der Waals surface area contributed by atoms with Gasteiger partial charge in [0.2, 0.25) is 0 Å². The van der Waals surface area contributed by atoms with Crippen LogP contribution in [-0.2, 0) is 24.3 Å². The van der Waals surface area contributed by atoms with Gasteiger partial charge in [0.15, 0.2) is 12.6 Å². The highest BCUT2D eigenvalue weighted by molar-refractivity contribution is 7.11. The Morgan fingerprint density at radius 2 is 2.00 bits per heavy atom. The van der Waals surface area contributed by atoms with E-state index in [9.17, 15) is 4.79 Å². The van der Waals surface area contributed by atoms with Gasteiger partial charge >= 0.3 is 0 Å². The molecule has 1 amide bonds. The molecule has 1 aromatic carbocycles. The summed E-state index contributed by atoms with van der Waals surface area (Å²) in [6.07, 6.45) is 3.22. The fraction of sp³-hybridized carbons (Fsp3) is 0.455. The van der Waals surface area contributed by atoms with Crippen LogP contribution in [0.25, 0.3) is 0 Å². The predicted octanol–water partition coefficient (Wildman–Crippen LogP) is 3.22. The molecule has 2 aromatic rings. The maximum absolute atomic E-state index is 11.8. The molecule has 156 valence electrons. The van der Waals surface area contributed by atoms with Crippen molar-refractivity contribution in [1.29, 1.82) is 0 Å². The molecule has 6 nitrogen and oxygen atoms in total. The Hall–Kier alpha value is -2.54. The third-order valence-electron chi connectivity index (χ3n) is 4.47. The van der Waals surface area contributed by atoms with Crippen LogP contribution in [0.2, 0.25) is 0 Å². The minimum atomic E-state index is -0.0608. The summed E-state index contributed by atoms with van der Waals surface area (Å²) in [4.78, 5) is 19.1. The van der Waals surface area contributed by atoms with Gasteiger partial charge in [-0.1, -0.05) is 19.1 Å². The van der Waals surface area contributed by atoms with Crippen molar-refractivity contribution in [1.82, 2.24) is 16.0 Å². The number of carbonyl (C=O) groups is 1. The molecule has 3 N–H and O–H groups in total. The number of hydrogen-bond acceptors (Lipinski definition) is 4. The lowest BCUT2D eigenvalue weighted by molar-refractivity contribution is -0.123. The molecule has 7 heteroatoms. The molecule has 1 aliphatic rings. The molecule has 0 unspecified atom stereocenters. The highest BCUT2D eigenvalue weighted by Gasteiger charge is 2.23. The van der Waals surface area contributed by atoms with Crippen LogP contribution in [0.3, 0.4) is 0 Å². The smallest absolute Gasteiger partial charge is 0.258 e. The van der Waals surface area contributed by atoms with E-state index in [1.165, 1.54) is 9.75 Å². The quantitative estimate of drug-likeness (QED) is 0.412. The number of aliphatic imine (C=N–C) groups is 1. The summed E-state index contributed by atoms with van der Waals surface area (Å²) in [7, 11) is 0. The summed E-state index contributed by atoms with van der Waals surface area (Å²) in [5.74, 6) is 1.41. The van der Waals surface area contributed by atoms with E-state index in [1.807, 2.05) is 35.6 Å². The second-order valence-corrected chi connectivity index (χ2v) is 8.30. The minimum Gasteiger partial charge on any atom is -0.484 e. The SMILES string of the molecule is CCNC(=NCc1cccc(OCC(=O)NC2CC2)c1)NCc1ccc(CC)s1. The Morgan fingerprint density at radius 1 is 1.17 bits per heavy atom. The molecule has 1 heterocycles. The number of aryl methyl sites for hydroxylation is 1. The first-order valence-corrected chi connectivity index (χ1v) is 11.1. The molecule has 29 heavy (non-hydrogen) atoms. The molecule has 0 radical (unpaired) electrons. The van der Waals surface area contributed by atoms with Crippen molar-refractivity contribution in [2.24, 2.45) is 4.99 Å². The molecule has 0 spiro atoms. The van der Waals surface area contributed by atoms with Crippen molar-refractivity contribution < 1.29 is 9.53 Å². The van der Waals surface area contributed by atoms with Gasteiger partial charge in [0.25, 0.3) is 5.91 Å². The highest BCUT2D eigenvalue weighted by atomic mass is 32.1. The molecule has 1 saturated carbocycles. The van der Waals surface area contributed by atoms with Gasteiger partial charge in [-0.25, -0.2) is 4.99 Å². The van der Waals surface area contributed by atoms with E-state index in [0.717, 1.165) is 43.9 Å². The van der Waals surface area contributed by atoms with Crippen LogP contribution in [0, 0.1) is 0 Å². The van der Waals surface area contributed by atoms with E-state index >= 15 is 0 Å². The standard InChI is InChI=1S/C22H30N4O2S/c1-3-19-10-11-20(29-19)14-25-22(23-4-2)24-13-16-6-5-7-18(12-16)28-15-21(27)26-17-8-9-17/h5-7,10-12,17H,3-4,8-9,13-15H2,1-2H3,(H,26,27)(H2,23,24,25). The number of benzene rings is 1. The molecular weight excluding hydrogens is 384 g/mol. The van der Waals surface area contributed by atoms with Crippen molar-refractivity contribution >= 4 is 23.2 Å². The first kappa shape index (κ1) is 21.2. The second-order valence-electron chi connectivity index (χ2n) is 7.05. The van der Waals surface area contributed by atoms with Crippen LogP contribution in [0.15, 0.2) is 41.4 Å². The third kappa shape index (κ3) is 7.42. The number of ether oxygens (including phenoxy) is 1. The zero-order valence-electron chi connectivity index (χ0n) is 17.2. The summed E-state index contributed by atoms with van der Waals surface area (Å²) in [6, 6.07) is 12.4. The van der Waals surface area contributed by atoms with Crippen LogP contribution in [0.1, 0.15) is 42.0 Å². The third-order valence-corrected chi connectivity index (χ3v) is 5.70. The number of rotatable bonds is 10. The highest BCUT2D eigenvalue weighted by Crippen LogP contribution is 2.19. The Morgan fingerprint density at radius 3 is 2.72 bits per heavy atom. The van der Waals surface area contributed by atoms with Crippen LogP contribution in [-0.4, -0.2) is 31.1 Å². The molecule has 1 aliphatic carbocycles. The van der Waals surface area contributed by atoms with Crippen LogP contribution >= 0.6 is 11.3 Å². The summed E-state index contributed by atoms with van der Waals surface area (Å²) < 4.78 is 5.62. The number of nitrogens with one attached hydrogen (secondary N) is 3. The van der Waals surface area contributed by atoms with E-state index in [4.69, 9.17) is 4.74 Å². The van der Waals surface area contributed by atoms with Crippen molar-refractivity contribution in [2.75, 3.05) is 13.2 Å². The zero-order valence-corrected chi connectivity index (χ0v) is 18.0. The normalized spacial score (nSPS) is 13.8. The van der Waals surface area contributed by atoms with Gasteiger partial charge in [-0.2, -0.15) is 0 Å². The van der Waals surface area contributed by atoms with E-state index < -0.39 is 0 Å². The Bertz CT molecular complexity index is 830. The Labute approximate surface area is 176 Å². The largest absolute Gasteiger partial charge is 0.484 e. The molecule has 0 aliphatic heterocycles. The summed E-state index contributed by atoms with van der Waals surface area (Å²) >= 11 is 1.83. The number of guanidine groups is 1. The van der Waals surface area contributed by atoms with Gasteiger partial charge in [-0.15, -0.1) is 11.3 Å². The zero-order chi connectivity index (χ0) is 20.5. The molecule has 1 fully saturated rings. The summed E-state index contributed by atoms with van der Waals surface area (Å²) in [5, 5.41) is 9.59. The van der Waals surface area contributed by atoms with Gasteiger partial charge in [-0.05, 0) is 56.0 Å². The van der Waals surface area contributed by atoms with Gasteiger partial charge < -0.3 is 20.7 Å². The molecule has 0 bridgehead atoms. The fourth-order valence-corrected chi connectivity index (χ4v) is 3.67. The number of thiophene rings is 1.